The Balaban J connectivity index is 2.26. The molecule has 1 rings (SSSR count). The molecular weight excluding hydrogens is 256 g/mol. The summed E-state index contributed by atoms with van der Waals surface area (Å²) >= 11 is 0. The largest absolute Gasteiger partial charge is 0.418 e. The molecule has 0 aliphatic rings. The summed E-state index contributed by atoms with van der Waals surface area (Å²) in [7, 11) is -0.792. The first-order chi connectivity index (χ1) is 9.30. The molecule has 0 N–H and O–H groups in total. The smallest absolute Gasteiger partial charge is 0.223 e. The lowest BCUT2D eigenvalue weighted by Gasteiger charge is -2.16. The van der Waals surface area contributed by atoms with Gasteiger partial charge in [-0.05, 0) is 31.4 Å². The topological polar surface area (TPSA) is 27.7 Å². The van der Waals surface area contributed by atoms with Gasteiger partial charge in [0.25, 0.3) is 0 Å². The highest BCUT2D eigenvalue weighted by Gasteiger charge is 2.08. The van der Waals surface area contributed by atoms with Gasteiger partial charge in [-0.15, -0.1) is 0 Å². The molecule has 19 heavy (non-hydrogen) atoms. The highest BCUT2D eigenvalue weighted by atomic mass is 28.2. The average molecular weight is 280 g/mol. The van der Waals surface area contributed by atoms with Crippen molar-refractivity contribution in [2.75, 3.05) is 19.8 Å². The first-order valence-corrected chi connectivity index (χ1v) is 8.21. The third-order valence-corrected chi connectivity index (χ3v) is 3.95. The highest BCUT2D eigenvalue weighted by Crippen LogP contribution is 2.07. The molecular formula is C15H24O3Si. The molecule has 1 aromatic carbocycles. The molecule has 0 aliphatic heterocycles. The number of hydrogen-bond acceptors (Lipinski definition) is 3. The van der Waals surface area contributed by atoms with Gasteiger partial charge in [0.1, 0.15) is 0 Å². The van der Waals surface area contributed by atoms with E-state index in [-0.39, 0.29) is 5.91 Å². The minimum absolute atomic E-state index is 0.116. The lowest BCUT2D eigenvalue weighted by Crippen LogP contribution is -2.27. The van der Waals surface area contributed by atoms with Crippen LogP contribution >= 0.6 is 0 Å². The van der Waals surface area contributed by atoms with E-state index in [1.807, 2.05) is 32.1 Å². The van der Waals surface area contributed by atoms with Crippen LogP contribution in [0.2, 0.25) is 0 Å². The van der Waals surface area contributed by atoms with Crippen LogP contribution in [0.15, 0.2) is 30.8 Å². The molecule has 3 nitrogen and oxygen atoms in total. The van der Waals surface area contributed by atoms with Gasteiger partial charge in [0.05, 0.1) is 0 Å². The second-order valence-corrected chi connectivity index (χ2v) is 5.52. The second kappa shape index (κ2) is 9.92. The summed E-state index contributed by atoms with van der Waals surface area (Å²) in [5, 5.41) is 0. The Morgan fingerprint density at radius 3 is 2.63 bits per heavy atom. The van der Waals surface area contributed by atoms with Gasteiger partial charge in [-0.25, -0.2) is 0 Å². The van der Waals surface area contributed by atoms with Gasteiger partial charge in [0.2, 0.25) is 9.76 Å². The molecule has 0 bridgehead atoms. The van der Waals surface area contributed by atoms with Gasteiger partial charge in [-0.1, -0.05) is 36.9 Å². The van der Waals surface area contributed by atoms with Crippen LogP contribution in [0, 0.1) is 0 Å². The molecule has 0 heterocycles. The quantitative estimate of drug-likeness (QED) is 0.374. The lowest BCUT2D eigenvalue weighted by atomic mass is 10.1. The van der Waals surface area contributed by atoms with E-state index in [9.17, 15) is 0 Å². The third kappa shape index (κ3) is 6.68. The lowest BCUT2D eigenvalue weighted by molar-refractivity contribution is -0.0898. The van der Waals surface area contributed by atoms with Crippen LogP contribution in [-0.2, 0) is 20.3 Å². The van der Waals surface area contributed by atoms with Crippen LogP contribution in [0.4, 0.5) is 0 Å². The Kier molecular flexibility index (Phi) is 8.41. The zero-order valence-corrected chi connectivity index (χ0v) is 13.3. The molecule has 0 spiro atoms. The van der Waals surface area contributed by atoms with Crippen LogP contribution in [0.1, 0.15) is 25.0 Å². The van der Waals surface area contributed by atoms with Crippen molar-refractivity contribution in [3.05, 3.63) is 42.0 Å². The maximum absolute atomic E-state index is 5.74. The van der Waals surface area contributed by atoms with E-state index in [0.29, 0.717) is 13.2 Å². The van der Waals surface area contributed by atoms with E-state index in [1.165, 1.54) is 5.56 Å². The van der Waals surface area contributed by atoms with Gasteiger partial charge in [-0.2, -0.15) is 0 Å². The summed E-state index contributed by atoms with van der Waals surface area (Å²) in [6, 6.07) is 8.35. The Morgan fingerprint density at radius 2 is 2.00 bits per heavy atom. The number of ether oxygens (including phenoxy) is 2. The number of rotatable bonds is 10. The van der Waals surface area contributed by atoms with Crippen LogP contribution < -0.4 is 0 Å². The van der Waals surface area contributed by atoms with E-state index in [0.717, 1.165) is 18.6 Å². The summed E-state index contributed by atoms with van der Waals surface area (Å²) in [6.45, 7) is 9.79. The van der Waals surface area contributed by atoms with Crippen molar-refractivity contribution >= 4 is 15.8 Å². The highest BCUT2D eigenvalue weighted by molar-refractivity contribution is 6.28. The summed E-state index contributed by atoms with van der Waals surface area (Å²) in [5.41, 5.74) is 2.42. The molecule has 0 radical (unpaired) electrons. The molecule has 106 valence electrons. The fourth-order valence-corrected chi connectivity index (χ4v) is 2.93. The Labute approximate surface area is 118 Å². The first-order valence-electron chi connectivity index (χ1n) is 6.82. The first kappa shape index (κ1) is 16.1. The summed E-state index contributed by atoms with van der Waals surface area (Å²) in [4.78, 5) is 0. The number of benzene rings is 1. The van der Waals surface area contributed by atoms with E-state index < -0.39 is 9.76 Å². The standard InChI is InChI=1S/C15H24O3Si/c1-4-13-8-7-9-14(12-13)10-11-18-19-15(16-5-2)17-6-3/h4,7-9,12,15H,1,5-6,10-11,19H2,2-3H3. The Hall–Kier alpha value is -0.943. The van der Waals surface area contributed by atoms with Gasteiger partial charge in [0.15, 0.2) is 5.91 Å². The average Bonchev–Trinajstić information content (AvgIpc) is 2.44. The van der Waals surface area contributed by atoms with Gasteiger partial charge in [-0.3, -0.25) is 0 Å². The normalized spacial score (nSPS) is 11.5. The summed E-state index contributed by atoms with van der Waals surface area (Å²) in [5.74, 6) is -0.116. The van der Waals surface area contributed by atoms with Gasteiger partial charge in [0, 0.05) is 19.8 Å². The molecule has 0 unspecified atom stereocenters. The van der Waals surface area contributed by atoms with Crippen molar-refractivity contribution in [1.29, 1.82) is 0 Å². The maximum Gasteiger partial charge on any atom is 0.223 e. The molecule has 0 aliphatic carbocycles. The summed E-state index contributed by atoms with van der Waals surface area (Å²) < 4.78 is 16.7. The monoisotopic (exact) mass is 280 g/mol. The fourth-order valence-electron chi connectivity index (χ4n) is 1.76. The van der Waals surface area contributed by atoms with Crippen LogP contribution in [0.3, 0.4) is 0 Å². The zero-order valence-electron chi connectivity index (χ0n) is 11.9. The SMILES string of the molecule is C=Cc1cccc(CCO[SiH2]C(OCC)OCC)c1. The molecule has 1 aromatic rings. The fraction of sp³-hybridized carbons (Fsp3) is 0.467. The predicted octanol–water partition coefficient (Wildman–Crippen LogP) is 2.33. The van der Waals surface area contributed by atoms with Crippen molar-refractivity contribution in [3.63, 3.8) is 0 Å². The van der Waals surface area contributed by atoms with Gasteiger partial charge < -0.3 is 13.9 Å². The van der Waals surface area contributed by atoms with Crippen LogP contribution in [0.25, 0.3) is 6.08 Å². The zero-order chi connectivity index (χ0) is 13.9. The van der Waals surface area contributed by atoms with Crippen molar-refractivity contribution in [3.8, 4) is 0 Å². The summed E-state index contributed by atoms with van der Waals surface area (Å²) in [6.07, 6.45) is 2.78. The van der Waals surface area contributed by atoms with Crippen LogP contribution in [0.5, 0.6) is 0 Å². The van der Waals surface area contributed by atoms with Crippen LogP contribution in [-0.4, -0.2) is 35.5 Å². The molecule has 0 aromatic heterocycles. The molecule has 0 fully saturated rings. The van der Waals surface area contributed by atoms with Crippen molar-refractivity contribution in [2.24, 2.45) is 0 Å². The predicted molar refractivity (Wildman–Crippen MR) is 81.8 cm³/mol. The Bertz CT molecular complexity index is 362. The minimum Gasteiger partial charge on any atom is -0.418 e. The van der Waals surface area contributed by atoms with E-state index in [1.54, 1.807) is 0 Å². The minimum atomic E-state index is -0.792. The Morgan fingerprint density at radius 1 is 1.26 bits per heavy atom. The molecule has 0 atom stereocenters. The molecule has 0 saturated carbocycles. The third-order valence-electron chi connectivity index (χ3n) is 2.68. The second-order valence-electron chi connectivity index (χ2n) is 4.11. The van der Waals surface area contributed by atoms with Gasteiger partial charge >= 0.3 is 0 Å². The van der Waals surface area contributed by atoms with Crippen molar-refractivity contribution in [2.45, 2.75) is 26.2 Å². The molecule has 4 heteroatoms. The van der Waals surface area contributed by atoms with Crippen molar-refractivity contribution < 1.29 is 13.9 Å². The van der Waals surface area contributed by atoms with E-state index in [2.05, 4.69) is 18.7 Å². The maximum atomic E-state index is 5.74. The number of hydrogen-bond donors (Lipinski definition) is 0. The molecule has 0 amide bonds. The van der Waals surface area contributed by atoms with E-state index >= 15 is 0 Å². The van der Waals surface area contributed by atoms with Crippen molar-refractivity contribution in [1.82, 2.24) is 0 Å². The van der Waals surface area contributed by atoms with E-state index in [4.69, 9.17) is 13.9 Å². The molecule has 0 saturated heterocycles.